The molecule has 5 rings (SSSR count). The summed E-state index contributed by atoms with van der Waals surface area (Å²) in [5.74, 6) is 0.193. The zero-order chi connectivity index (χ0) is 22.1. The summed E-state index contributed by atoms with van der Waals surface area (Å²) in [6.45, 7) is 4.46. The first-order valence-corrected chi connectivity index (χ1v) is 11.0. The van der Waals surface area contributed by atoms with E-state index in [4.69, 9.17) is 19.3 Å². The van der Waals surface area contributed by atoms with Crippen LogP contribution in [0.2, 0.25) is 0 Å². The SMILES string of the molecule is COc1cccc(-c2cc(C(=O)N3CCC4(CC3)OCCO4)n(-c3cccc(C)c3)n2)c1. The molecular formula is C25H27N3O4. The van der Waals surface area contributed by atoms with Crippen LogP contribution in [0.15, 0.2) is 54.6 Å². The maximum atomic E-state index is 13.6. The van der Waals surface area contributed by atoms with Gasteiger partial charge in [0.2, 0.25) is 0 Å². The van der Waals surface area contributed by atoms with Crippen molar-refractivity contribution in [2.75, 3.05) is 33.4 Å². The fraction of sp³-hybridized carbons (Fsp3) is 0.360. The van der Waals surface area contributed by atoms with E-state index >= 15 is 0 Å². The normalized spacial score (nSPS) is 17.6. The molecule has 166 valence electrons. The van der Waals surface area contributed by atoms with Gasteiger partial charge in [-0.3, -0.25) is 4.79 Å². The lowest BCUT2D eigenvalue weighted by atomic mass is 10.0. The van der Waals surface area contributed by atoms with Crippen LogP contribution < -0.4 is 4.74 Å². The fourth-order valence-electron chi connectivity index (χ4n) is 4.41. The summed E-state index contributed by atoms with van der Waals surface area (Å²) < 4.78 is 18.7. The molecule has 2 saturated heterocycles. The highest BCUT2D eigenvalue weighted by Gasteiger charge is 2.41. The number of aromatic nitrogens is 2. The Bertz CT molecular complexity index is 1120. The number of piperidine rings is 1. The summed E-state index contributed by atoms with van der Waals surface area (Å²) in [4.78, 5) is 15.5. The van der Waals surface area contributed by atoms with Crippen molar-refractivity contribution in [3.63, 3.8) is 0 Å². The van der Waals surface area contributed by atoms with Crippen LogP contribution in [0.4, 0.5) is 0 Å². The molecule has 0 unspecified atom stereocenters. The minimum Gasteiger partial charge on any atom is -0.497 e. The standard InChI is InChI=1S/C25H27N3O4/c1-18-5-3-7-20(15-18)28-23(17-22(26-28)19-6-4-8-21(16-19)30-2)24(29)27-11-9-25(10-12-27)31-13-14-32-25/h3-8,15-17H,9-14H2,1-2H3. The van der Waals surface area contributed by atoms with Gasteiger partial charge in [-0.2, -0.15) is 5.10 Å². The van der Waals surface area contributed by atoms with Crippen LogP contribution in [-0.4, -0.2) is 59.8 Å². The number of methoxy groups -OCH3 is 1. The monoisotopic (exact) mass is 433 g/mol. The first-order valence-electron chi connectivity index (χ1n) is 11.0. The van der Waals surface area contributed by atoms with Crippen molar-refractivity contribution in [2.24, 2.45) is 0 Å². The van der Waals surface area contributed by atoms with E-state index in [-0.39, 0.29) is 5.91 Å². The Morgan fingerprint density at radius 2 is 1.78 bits per heavy atom. The minimum absolute atomic E-state index is 0.0407. The first-order chi connectivity index (χ1) is 15.6. The predicted octanol–water partition coefficient (Wildman–Crippen LogP) is 3.84. The van der Waals surface area contributed by atoms with Crippen LogP contribution in [0.25, 0.3) is 16.9 Å². The Hall–Kier alpha value is -3.16. The molecule has 1 spiro atoms. The fourth-order valence-corrected chi connectivity index (χ4v) is 4.41. The molecule has 0 aliphatic carbocycles. The Kier molecular flexibility index (Phi) is 5.45. The van der Waals surface area contributed by atoms with E-state index in [1.807, 2.05) is 66.4 Å². The molecule has 32 heavy (non-hydrogen) atoms. The smallest absolute Gasteiger partial charge is 0.272 e. The van der Waals surface area contributed by atoms with E-state index in [1.165, 1.54) is 0 Å². The molecule has 0 radical (unpaired) electrons. The molecule has 2 aromatic carbocycles. The number of aryl methyl sites for hydroxylation is 1. The van der Waals surface area contributed by atoms with Crippen LogP contribution in [-0.2, 0) is 9.47 Å². The van der Waals surface area contributed by atoms with E-state index in [9.17, 15) is 4.79 Å². The van der Waals surface area contributed by atoms with Crippen molar-refractivity contribution < 1.29 is 19.0 Å². The number of benzene rings is 2. The number of ether oxygens (including phenoxy) is 3. The van der Waals surface area contributed by atoms with Gasteiger partial charge in [-0.1, -0.05) is 24.3 Å². The summed E-state index contributed by atoms with van der Waals surface area (Å²) in [6.07, 6.45) is 1.36. The molecule has 3 aromatic rings. The Balaban J connectivity index is 1.50. The second-order valence-electron chi connectivity index (χ2n) is 8.30. The average Bonchev–Trinajstić information content (AvgIpc) is 3.47. The molecule has 7 heteroatoms. The zero-order valence-electron chi connectivity index (χ0n) is 18.4. The lowest BCUT2D eigenvalue weighted by Crippen LogP contribution is -2.47. The molecule has 0 N–H and O–H groups in total. The summed E-state index contributed by atoms with van der Waals surface area (Å²) in [5.41, 5.74) is 4.13. The highest BCUT2D eigenvalue weighted by Crippen LogP contribution is 2.32. The third-order valence-electron chi connectivity index (χ3n) is 6.17. The highest BCUT2D eigenvalue weighted by atomic mass is 16.7. The number of carbonyl (C=O) groups is 1. The van der Waals surface area contributed by atoms with Gasteiger partial charge in [-0.25, -0.2) is 4.68 Å². The summed E-state index contributed by atoms with van der Waals surface area (Å²) >= 11 is 0. The minimum atomic E-state index is -0.515. The van der Waals surface area contributed by atoms with Crippen molar-refractivity contribution >= 4 is 5.91 Å². The van der Waals surface area contributed by atoms with Crippen molar-refractivity contribution in [3.8, 4) is 22.7 Å². The van der Waals surface area contributed by atoms with Gasteiger partial charge < -0.3 is 19.1 Å². The van der Waals surface area contributed by atoms with Crippen molar-refractivity contribution in [2.45, 2.75) is 25.6 Å². The van der Waals surface area contributed by atoms with Gasteiger partial charge >= 0.3 is 0 Å². The second-order valence-corrected chi connectivity index (χ2v) is 8.30. The van der Waals surface area contributed by atoms with Crippen LogP contribution >= 0.6 is 0 Å². The van der Waals surface area contributed by atoms with E-state index in [0.717, 1.165) is 28.3 Å². The largest absolute Gasteiger partial charge is 0.497 e. The lowest BCUT2D eigenvalue weighted by molar-refractivity contribution is -0.181. The number of nitrogens with zero attached hydrogens (tertiary/aromatic N) is 3. The van der Waals surface area contributed by atoms with Gasteiger partial charge in [0.15, 0.2) is 5.79 Å². The first kappa shape index (κ1) is 20.7. The van der Waals surface area contributed by atoms with E-state index < -0.39 is 5.79 Å². The Morgan fingerprint density at radius 1 is 1.03 bits per heavy atom. The van der Waals surface area contributed by atoms with Crippen LogP contribution in [0.3, 0.4) is 0 Å². The zero-order valence-corrected chi connectivity index (χ0v) is 18.4. The summed E-state index contributed by atoms with van der Waals surface area (Å²) in [5, 5.41) is 4.82. The Morgan fingerprint density at radius 3 is 2.50 bits per heavy atom. The maximum Gasteiger partial charge on any atom is 0.272 e. The lowest BCUT2D eigenvalue weighted by Gasteiger charge is -2.37. The molecular weight excluding hydrogens is 406 g/mol. The maximum absolute atomic E-state index is 13.6. The van der Waals surface area contributed by atoms with Crippen molar-refractivity contribution in [3.05, 3.63) is 65.9 Å². The molecule has 1 aromatic heterocycles. The van der Waals surface area contributed by atoms with Crippen molar-refractivity contribution in [1.29, 1.82) is 0 Å². The molecule has 2 aliphatic rings. The second kappa shape index (κ2) is 8.41. The molecule has 0 bridgehead atoms. The third-order valence-corrected chi connectivity index (χ3v) is 6.17. The molecule has 0 atom stereocenters. The topological polar surface area (TPSA) is 65.8 Å². The highest BCUT2D eigenvalue weighted by molar-refractivity contribution is 5.94. The quantitative estimate of drug-likeness (QED) is 0.626. The molecule has 1 amide bonds. The van der Waals surface area contributed by atoms with Crippen LogP contribution in [0, 0.1) is 6.92 Å². The number of likely N-dealkylation sites (tertiary alicyclic amines) is 1. The summed E-state index contributed by atoms with van der Waals surface area (Å²) in [7, 11) is 1.64. The van der Waals surface area contributed by atoms with Crippen LogP contribution in [0.1, 0.15) is 28.9 Å². The average molecular weight is 434 g/mol. The number of rotatable bonds is 4. The molecule has 0 saturated carbocycles. The van der Waals surface area contributed by atoms with Crippen molar-refractivity contribution in [1.82, 2.24) is 14.7 Å². The number of carbonyl (C=O) groups excluding carboxylic acids is 1. The molecule has 7 nitrogen and oxygen atoms in total. The van der Waals surface area contributed by atoms with E-state index in [2.05, 4.69) is 0 Å². The predicted molar refractivity (Wildman–Crippen MR) is 120 cm³/mol. The third kappa shape index (κ3) is 3.89. The number of hydrogen-bond acceptors (Lipinski definition) is 5. The van der Waals surface area contributed by atoms with E-state index in [0.29, 0.717) is 44.8 Å². The van der Waals surface area contributed by atoms with E-state index in [1.54, 1.807) is 11.8 Å². The van der Waals surface area contributed by atoms with Gasteiger partial charge in [0.25, 0.3) is 5.91 Å². The number of amides is 1. The van der Waals surface area contributed by atoms with Gasteiger partial charge in [-0.05, 0) is 42.8 Å². The molecule has 2 aliphatic heterocycles. The number of hydrogen-bond donors (Lipinski definition) is 0. The van der Waals surface area contributed by atoms with Gasteiger partial charge in [0, 0.05) is 31.5 Å². The molecule has 3 heterocycles. The van der Waals surface area contributed by atoms with Crippen LogP contribution in [0.5, 0.6) is 5.75 Å². The molecule has 2 fully saturated rings. The summed E-state index contributed by atoms with van der Waals surface area (Å²) in [6, 6.07) is 17.6. The van der Waals surface area contributed by atoms with Gasteiger partial charge in [0.1, 0.15) is 11.4 Å². The Labute approximate surface area is 187 Å². The van der Waals surface area contributed by atoms with Gasteiger partial charge in [-0.15, -0.1) is 0 Å². The van der Waals surface area contributed by atoms with Gasteiger partial charge in [0.05, 0.1) is 31.7 Å².